The number of nitrogens with two attached hydrogens (primary N) is 1. The van der Waals surface area contributed by atoms with Gasteiger partial charge in [-0.3, -0.25) is 19.0 Å². The number of carbonyl (C=O) groups excluding carboxylic acids is 3. The number of hydrogen-bond donors (Lipinski definition) is 2. The smallest absolute Gasteiger partial charge is 0.366 e. The van der Waals surface area contributed by atoms with Gasteiger partial charge in [0.25, 0.3) is 5.91 Å². The van der Waals surface area contributed by atoms with Gasteiger partial charge in [-0.2, -0.15) is 13.5 Å². The van der Waals surface area contributed by atoms with Gasteiger partial charge in [-0.1, -0.05) is 0 Å². The lowest BCUT2D eigenvalue weighted by Crippen LogP contribution is -2.71. The lowest BCUT2D eigenvalue weighted by atomic mass is 9.90. The summed E-state index contributed by atoms with van der Waals surface area (Å²) in [5, 5.41) is 0.522. The fourth-order valence-corrected chi connectivity index (χ4v) is 4.11. The number of rotatable bonds is 4. The molecule has 0 aromatic heterocycles. The maximum Gasteiger partial charge on any atom is 0.418 e. The predicted octanol–water partition coefficient (Wildman–Crippen LogP) is -1.19. The molecule has 0 unspecified atom stereocenters. The quantitative estimate of drug-likeness (QED) is 0.597. The van der Waals surface area contributed by atoms with Crippen LogP contribution < -0.4 is 5.73 Å². The highest BCUT2D eigenvalue weighted by molar-refractivity contribution is 7.80. The van der Waals surface area contributed by atoms with Crippen LogP contribution in [0.1, 0.15) is 32.1 Å². The van der Waals surface area contributed by atoms with E-state index in [-0.39, 0.29) is 38.3 Å². The summed E-state index contributed by atoms with van der Waals surface area (Å²) in [5.41, 5.74) is 3.92. The predicted molar refractivity (Wildman–Crippen MR) is 77.1 cm³/mol. The molecule has 24 heavy (non-hydrogen) atoms. The number of primary amides is 1. The van der Waals surface area contributed by atoms with E-state index in [1.807, 2.05) is 0 Å². The molecule has 3 N–H and O–H groups in total. The molecule has 3 rings (SSSR count). The van der Waals surface area contributed by atoms with E-state index < -0.39 is 34.0 Å². The number of hydroxylamine groups is 2. The molecule has 0 aromatic carbocycles. The molecule has 3 aliphatic heterocycles. The average molecular weight is 362 g/mol. The molecule has 3 aliphatic rings. The van der Waals surface area contributed by atoms with Crippen LogP contribution in [0.25, 0.3) is 0 Å². The van der Waals surface area contributed by atoms with Crippen LogP contribution in [-0.2, 0) is 24.3 Å². The van der Waals surface area contributed by atoms with Gasteiger partial charge in [0.1, 0.15) is 0 Å². The van der Waals surface area contributed by atoms with E-state index in [1.54, 1.807) is 0 Å². The fourth-order valence-electron chi connectivity index (χ4n) is 3.72. The Hall–Kier alpha value is -1.92. The molecule has 0 saturated carbocycles. The molecule has 0 spiro atoms. The highest BCUT2D eigenvalue weighted by Gasteiger charge is 2.61. The molecule has 0 radical (unpaired) electrons. The zero-order valence-electron chi connectivity index (χ0n) is 12.8. The number of piperidine rings is 2. The highest BCUT2D eigenvalue weighted by atomic mass is 32.3. The summed E-state index contributed by atoms with van der Waals surface area (Å²) in [4.78, 5) is 39.5. The van der Waals surface area contributed by atoms with E-state index in [2.05, 4.69) is 4.28 Å². The molecular weight excluding hydrogens is 344 g/mol. The van der Waals surface area contributed by atoms with Crippen molar-refractivity contribution in [1.29, 1.82) is 0 Å². The summed E-state index contributed by atoms with van der Waals surface area (Å²) in [6.45, 7) is 0.260. The minimum Gasteiger partial charge on any atom is -0.366 e. The third kappa shape index (κ3) is 2.50. The van der Waals surface area contributed by atoms with E-state index in [0.717, 1.165) is 4.90 Å². The Balaban J connectivity index is 1.97. The first-order chi connectivity index (χ1) is 11.2. The van der Waals surface area contributed by atoms with Crippen LogP contribution in [-0.4, -0.2) is 70.5 Å². The number of carbonyl (C=O) groups is 3. The number of urea groups is 1. The van der Waals surface area contributed by atoms with E-state index in [9.17, 15) is 22.8 Å². The molecular formula is C12H18N4O7S. The van der Waals surface area contributed by atoms with Crippen LogP contribution in [0, 0.1) is 0 Å². The van der Waals surface area contributed by atoms with Gasteiger partial charge in [0.2, 0.25) is 5.91 Å². The monoisotopic (exact) mass is 362 g/mol. The zero-order valence-corrected chi connectivity index (χ0v) is 13.6. The van der Waals surface area contributed by atoms with Gasteiger partial charge < -0.3 is 10.6 Å². The van der Waals surface area contributed by atoms with E-state index in [1.165, 1.54) is 4.90 Å². The Labute approximate surface area is 138 Å². The third-order valence-corrected chi connectivity index (χ3v) is 5.11. The Bertz CT molecular complexity index is 696. The normalized spacial score (nSPS) is 30.9. The summed E-state index contributed by atoms with van der Waals surface area (Å²) in [7, 11) is -4.89. The number of hydrogen-bond acceptors (Lipinski definition) is 6. The number of amides is 4. The molecule has 134 valence electrons. The van der Waals surface area contributed by atoms with Gasteiger partial charge >= 0.3 is 16.4 Å². The van der Waals surface area contributed by atoms with Gasteiger partial charge in [-0.25, -0.2) is 4.79 Å². The molecule has 11 nitrogen and oxygen atoms in total. The van der Waals surface area contributed by atoms with Gasteiger partial charge in [0, 0.05) is 25.9 Å². The first-order valence-electron chi connectivity index (χ1n) is 7.55. The van der Waals surface area contributed by atoms with Crippen LogP contribution in [0.5, 0.6) is 0 Å². The van der Waals surface area contributed by atoms with Crippen LogP contribution in [0.15, 0.2) is 0 Å². The van der Waals surface area contributed by atoms with Crippen LogP contribution in [0.4, 0.5) is 4.79 Å². The summed E-state index contributed by atoms with van der Waals surface area (Å²) in [6, 6.07) is -1.58. The SMILES string of the molecule is NC(=O)[C@]1(N2CCCCC2=O)CC[C@@H]2CN1C(=O)N2OS(=O)(=O)O. The van der Waals surface area contributed by atoms with Gasteiger partial charge in [-0.15, -0.1) is 4.28 Å². The summed E-state index contributed by atoms with van der Waals surface area (Å²) >= 11 is 0. The topological polar surface area (TPSA) is 151 Å². The lowest BCUT2D eigenvalue weighted by molar-refractivity contribution is -0.161. The molecule has 2 bridgehead atoms. The number of fused-ring (bicyclic) bond motifs is 2. The Morgan fingerprint density at radius 3 is 2.58 bits per heavy atom. The second-order valence-electron chi connectivity index (χ2n) is 6.10. The highest BCUT2D eigenvalue weighted by Crippen LogP contribution is 2.40. The molecule has 4 amide bonds. The van der Waals surface area contributed by atoms with Crippen molar-refractivity contribution in [3.63, 3.8) is 0 Å². The van der Waals surface area contributed by atoms with Crippen molar-refractivity contribution in [3.05, 3.63) is 0 Å². The molecule has 0 aliphatic carbocycles. The summed E-state index contributed by atoms with van der Waals surface area (Å²) in [6.07, 6.45) is 1.90. The van der Waals surface area contributed by atoms with Crippen molar-refractivity contribution < 1.29 is 31.6 Å². The Morgan fingerprint density at radius 2 is 2.00 bits per heavy atom. The van der Waals surface area contributed by atoms with Crippen LogP contribution in [0.3, 0.4) is 0 Å². The van der Waals surface area contributed by atoms with Crippen molar-refractivity contribution >= 4 is 28.2 Å². The third-order valence-electron chi connectivity index (χ3n) is 4.76. The van der Waals surface area contributed by atoms with Crippen molar-refractivity contribution in [3.8, 4) is 0 Å². The first kappa shape index (κ1) is 16.9. The second kappa shape index (κ2) is 5.57. The Morgan fingerprint density at radius 1 is 1.29 bits per heavy atom. The van der Waals surface area contributed by atoms with Crippen LogP contribution >= 0.6 is 0 Å². The van der Waals surface area contributed by atoms with E-state index in [0.29, 0.717) is 17.9 Å². The maximum atomic E-state index is 12.5. The molecule has 0 aromatic rings. The van der Waals surface area contributed by atoms with E-state index >= 15 is 0 Å². The van der Waals surface area contributed by atoms with Crippen molar-refractivity contribution in [2.45, 2.75) is 43.8 Å². The largest absolute Gasteiger partial charge is 0.418 e. The molecule has 3 fully saturated rings. The van der Waals surface area contributed by atoms with Crippen molar-refractivity contribution in [1.82, 2.24) is 14.9 Å². The molecule has 3 heterocycles. The molecule has 12 heteroatoms. The lowest BCUT2D eigenvalue weighted by Gasteiger charge is -2.49. The Kier molecular flexibility index (Phi) is 3.92. The second-order valence-corrected chi connectivity index (χ2v) is 7.10. The van der Waals surface area contributed by atoms with Gasteiger partial charge in [0.05, 0.1) is 6.04 Å². The molecule has 2 atom stereocenters. The maximum absolute atomic E-state index is 12.5. The average Bonchev–Trinajstić information content (AvgIpc) is 2.73. The minimum absolute atomic E-state index is 0.0267. The van der Waals surface area contributed by atoms with Gasteiger partial charge in [-0.05, 0) is 19.3 Å². The fraction of sp³-hybridized carbons (Fsp3) is 0.750. The number of nitrogens with zero attached hydrogens (tertiary/aromatic N) is 3. The minimum atomic E-state index is -4.89. The van der Waals surface area contributed by atoms with Gasteiger partial charge in [0.15, 0.2) is 5.66 Å². The summed E-state index contributed by atoms with van der Waals surface area (Å²) < 4.78 is 35.0. The first-order valence-corrected chi connectivity index (χ1v) is 8.91. The number of likely N-dealkylation sites (tertiary alicyclic amines) is 1. The van der Waals surface area contributed by atoms with Crippen molar-refractivity contribution in [2.24, 2.45) is 5.73 Å². The standard InChI is InChI=1S/C12H18N4O7S/c13-10(18)12(14-6-2-1-3-9(14)17)5-4-8-7-15(12)11(19)16(8)23-24(20,21)22/h8H,1-7H2,(H2,13,18)(H,20,21,22)/t8-,12+/m1/s1. The van der Waals surface area contributed by atoms with E-state index in [4.69, 9.17) is 10.3 Å². The van der Waals surface area contributed by atoms with Crippen molar-refractivity contribution in [2.75, 3.05) is 13.1 Å². The van der Waals surface area contributed by atoms with Crippen LogP contribution in [0.2, 0.25) is 0 Å². The summed E-state index contributed by atoms with van der Waals surface area (Å²) in [5.74, 6) is -1.13. The zero-order chi connectivity index (χ0) is 17.7. The molecule has 3 saturated heterocycles.